The third kappa shape index (κ3) is 3.01. The third-order valence-corrected chi connectivity index (χ3v) is 3.38. The molecule has 0 aromatic heterocycles. The Kier molecular flexibility index (Phi) is 3.93. The van der Waals surface area contributed by atoms with Crippen molar-refractivity contribution in [3.8, 4) is 11.5 Å². The van der Waals surface area contributed by atoms with Crippen molar-refractivity contribution in [1.82, 2.24) is 4.90 Å². The van der Waals surface area contributed by atoms with Gasteiger partial charge in [-0.2, -0.15) is 4.99 Å². The molecule has 0 bridgehead atoms. The predicted octanol–water partition coefficient (Wildman–Crippen LogP) is 0.885. The standard InChI is InChI=1S/C14H21N5O2/c1-14(2)18-12(15)17-13(16)19(14)8-9-5-6-10(20-3)7-11(9)21-4/h5-7H,8H2,1-4H3,(H4,15,16,17,18). The molecule has 2 rings (SSSR count). The van der Waals surface area contributed by atoms with Crippen LogP contribution in [0.3, 0.4) is 0 Å². The molecule has 0 saturated heterocycles. The molecule has 4 N–H and O–H groups in total. The van der Waals surface area contributed by atoms with E-state index in [1.807, 2.05) is 36.9 Å². The molecule has 7 nitrogen and oxygen atoms in total. The molecule has 0 aliphatic carbocycles. The second-order valence-electron chi connectivity index (χ2n) is 5.20. The fraction of sp³-hybridized carbons (Fsp3) is 0.429. The summed E-state index contributed by atoms with van der Waals surface area (Å²) in [5, 5.41) is 0. The lowest BCUT2D eigenvalue weighted by Gasteiger charge is -2.38. The molecule has 1 heterocycles. The fourth-order valence-corrected chi connectivity index (χ4v) is 2.25. The minimum Gasteiger partial charge on any atom is -0.497 e. The number of aliphatic imine (C=N–C) groups is 2. The maximum atomic E-state index is 5.99. The first-order valence-corrected chi connectivity index (χ1v) is 6.55. The van der Waals surface area contributed by atoms with Crippen LogP contribution in [0.4, 0.5) is 0 Å². The van der Waals surface area contributed by atoms with Gasteiger partial charge in [-0.15, -0.1) is 0 Å². The molecule has 1 aliphatic heterocycles. The van der Waals surface area contributed by atoms with Crippen LogP contribution in [0, 0.1) is 0 Å². The number of rotatable bonds is 4. The average Bonchev–Trinajstić information content (AvgIpc) is 2.42. The molecule has 0 radical (unpaired) electrons. The fourth-order valence-electron chi connectivity index (χ4n) is 2.25. The zero-order valence-corrected chi connectivity index (χ0v) is 12.8. The molecule has 114 valence electrons. The number of methoxy groups -OCH3 is 2. The predicted molar refractivity (Wildman–Crippen MR) is 82.4 cm³/mol. The van der Waals surface area contributed by atoms with E-state index in [0.29, 0.717) is 12.5 Å². The summed E-state index contributed by atoms with van der Waals surface area (Å²) in [5.74, 6) is 1.98. The summed E-state index contributed by atoms with van der Waals surface area (Å²) in [5.41, 5.74) is 12.0. The van der Waals surface area contributed by atoms with Crippen LogP contribution in [0.15, 0.2) is 28.2 Å². The summed E-state index contributed by atoms with van der Waals surface area (Å²) in [6.07, 6.45) is 0. The topological polar surface area (TPSA) is 98.5 Å². The lowest BCUT2D eigenvalue weighted by Crippen LogP contribution is -2.53. The largest absolute Gasteiger partial charge is 0.497 e. The zero-order valence-electron chi connectivity index (χ0n) is 12.8. The SMILES string of the molecule is COc1ccc(CN2C(N)=NC(N)=NC2(C)C)c(OC)c1. The number of nitrogens with two attached hydrogens (primary N) is 2. The van der Waals surface area contributed by atoms with Crippen LogP contribution >= 0.6 is 0 Å². The highest BCUT2D eigenvalue weighted by atomic mass is 16.5. The van der Waals surface area contributed by atoms with Crippen LogP contribution in [0.5, 0.6) is 11.5 Å². The van der Waals surface area contributed by atoms with Crippen molar-refractivity contribution in [3.05, 3.63) is 23.8 Å². The zero-order chi connectivity index (χ0) is 15.6. The third-order valence-electron chi connectivity index (χ3n) is 3.38. The first-order chi connectivity index (χ1) is 9.87. The van der Waals surface area contributed by atoms with Gasteiger partial charge in [0.05, 0.1) is 20.8 Å². The van der Waals surface area contributed by atoms with Gasteiger partial charge in [-0.3, -0.25) is 0 Å². The second-order valence-corrected chi connectivity index (χ2v) is 5.20. The number of ether oxygens (including phenoxy) is 2. The number of hydrogen-bond acceptors (Lipinski definition) is 7. The van der Waals surface area contributed by atoms with Crippen LogP contribution in [0.25, 0.3) is 0 Å². The van der Waals surface area contributed by atoms with Crippen molar-refractivity contribution in [2.75, 3.05) is 14.2 Å². The first kappa shape index (κ1) is 15.0. The van der Waals surface area contributed by atoms with Crippen LogP contribution in [-0.4, -0.2) is 36.7 Å². The van der Waals surface area contributed by atoms with Gasteiger partial charge in [-0.25, -0.2) is 4.99 Å². The van der Waals surface area contributed by atoms with Crippen molar-refractivity contribution in [1.29, 1.82) is 0 Å². The maximum absolute atomic E-state index is 5.99. The molecule has 0 unspecified atom stereocenters. The first-order valence-electron chi connectivity index (χ1n) is 6.55. The van der Waals surface area contributed by atoms with Gasteiger partial charge in [-0.05, 0) is 26.0 Å². The lowest BCUT2D eigenvalue weighted by molar-refractivity contribution is 0.208. The quantitative estimate of drug-likeness (QED) is 0.858. The molecule has 0 fully saturated rings. The highest BCUT2D eigenvalue weighted by molar-refractivity contribution is 5.95. The second kappa shape index (κ2) is 5.51. The Hall–Kier alpha value is -2.44. The van der Waals surface area contributed by atoms with Gasteiger partial charge in [0.15, 0.2) is 0 Å². The summed E-state index contributed by atoms with van der Waals surface area (Å²) in [4.78, 5) is 10.2. The van der Waals surface area contributed by atoms with E-state index in [1.165, 1.54) is 0 Å². The smallest absolute Gasteiger partial charge is 0.220 e. The molecule has 1 aromatic rings. The van der Waals surface area contributed by atoms with Crippen molar-refractivity contribution < 1.29 is 9.47 Å². The van der Waals surface area contributed by atoms with Gasteiger partial charge in [0.2, 0.25) is 11.9 Å². The summed E-state index contributed by atoms with van der Waals surface area (Å²) in [6, 6.07) is 5.64. The average molecular weight is 291 g/mol. The van der Waals surface area contributed by atoms with E-state index >= 15 is 0 Å². The number of guanidine groups is 2. The van der Waals surface area contributed by atoms with Crippen LogP contribution in [0.1, 0.15) is 19.4 Å². The minimum absolute atomic E-state index is 0.190. The van der Waals surface area contributed by atoms with Crippen LogP contribution in [-0.2, 0) is 6.54 Å². The van der Waals surface area contributed by atoms with Crippen LogP contribution < -0.4 is 20.9 Å². The van der Waals surface area contributed by atoms with Gasteiger partial charge in [0.25, 0.3) is 0 Å². The molecule has 0 spiro atoms. The summed E-state index contributed by atoms with van der Waals surface area (Å²) < 4.78 is 10.6. The monoisotopic (exact) mass is 291 g/mol. The molecule has 0 amide bonds. The van der Waals surface area contributed by atoms with E-state index in [9.17, 15) is 0 Å². The molecular formula is C14H21N5O2. The molecular weight excluding hydrogens is 270 g/mol. The Morgan fingerprint density at radius 3 is 2.48 bits per heavy atom. The summed E-state index contributed by atoms with van der Waals surface area (Å²) >= 11 is 0. The van der Waals surface area contributed by atoms with Gasteiger partial charge in [0, 0.05) is 11.6 Å². The normalized spacial score (nSPS) is 17.0. The van der Waals surface area contributed by atoms with Crippen molar-refractivity contribution in [3.63, 3.8) is 0 Å². The summed E-state index contributed by atoms with van der Waals surface area (Å²) in [7, 11) is 3.23. The Balaban J connectivity index is 2.32. The Labute approximate surface area is 124 Å². The minimum atomic E-state index is -0.569. The van der Waals surface area contributed by atoms with E-state index < -0.39 is 5.66 Å². The molecule has 0 saturated carbocycles. The van der Waals surface area contributed by atoms with Gasteiger partial charge < -0.3 is 25.8 Å². The Bertz CT molecular complexity index is 595. The van der Waals surface area contributed by atoms with E-state index in [2.05, 4.69) is 9.98 Å². The van der Waals surface area contributed by atoms with Gasteiger partial charge in [-0.1, -0.05) is 0 Å². The molecule has 7 heteroatoms. The molecule has 0 atom stereocenters. The number of nitrogens with zero attached hydrogens (tertiary/aromatic N) is 3. The Morgan fingerprint density at radius 1 is 1.19 bits per heavy atom. The highest BCUT2D eigenvalue weighted by Crippen LogP contribution is 2.29. The molecule has 21 heavy (non-hydrogen) atoms. The van der Waals surface area contributed by atoms with E-state index in [1.54, 1.807) is 14.2 Å². The maximum Gasteiger partial charge on any atom is 0.220 e. The van der Waals surface area contributed by atoms with Crippen molar-refractivity contribution in [2.24, 2.45) is 21.5 Å². The number of benzene rings is 1. The van der Waals surface area contributed by atoms with Gasteiger partial charge in [0.1, 0.15) is 17.2 Å². The van der Waals surface area contributed by atoms with Crippen LogP contribution in [0.2, 0.25) is 0 Å². The van der Waals surface area contributed by atoms with E-state index in [0.717, 1.165) is 17.1 Å². The van der Waals surface area contributed by atoms with Crippen molar-refractivity contribution in [2.45, 2.75) is 26.1 Å². The lowest BCUT2D eigenvalue weighted by atomic mass is 10.1. The molecule has 1 aromatic carbocycles. The van der Waals surface area contributed by atoms with Crippen molar-refractivity contribution >= 4 is 11.9 Å². The Morgan fingerprint density at radius 2 is 1.90 bits per heavy atom. The van der Waals surface area contributed by atoms with E-state index in [-0.39, 0.29) is 5.96 Å². The highest BCUT2D eigenvalue weighted by Gasteiger charge is 2.32. The van der Waals surface area contributed by atoms with Gasteiger partial charge >= 0.3 is 0 Å². The van der Waals surface area contributed by atoms with E-state index in [4.69, 9.17) is 20.9 Å². The molecule has 1 aliphatic rings. The summed E-state index contributed by atoms with van der Waals surface area (Å²) in [6.45, 7) is 4.36. The number of hydrogen-bond donors (Lipinski definition) is 2.